The van der Waals surface area contributed by atoms with Gasteiger partial charge in [-0.15, -0.1) is 5.10 Å². The van der Waals surface area contributed by atoms with Crippen LogP contribution >= 0.6 is 11.8 Å². The first kappa shape index (κ1) is 22.7. The molecular weight excluding hydrogens is 440 g/mol. The molecule has 0 aliphatic carbocycles. The van der Waals surface area contributed by atoms with Gasteiger partial charge in [0.2, 0.25) is 11.1 Å². The highest BCUT2D eigenvalue weighted by Crippen LogP contribution is 2.39. The van der Waals surface area contributed by atoms with Gasteiger partial charge in [-0.25, -0.2) is 9.48 Å². The monoisotopic (exact) mass is 466 g/mol. The molecule has 0 radical (unpaired) electrons. The molecule has 9 heteroatoms. The second-order valence-corrected chi connectivity index (χ2v) is 8.28. The molecule has 1 aliphatic rings. The van der Waals surface area contributed by atoms with Crippen molar-refractivity contribution in [1.29, 1.82) is 0 Å². The van der Waals surface area contributed by atoms with E-state index in [1.54, 1.807) is 25.8 Å². The molecule has 4 rings (SSSR count). The zero-order valence-corrected chi connectivity index (χ0v) is 19.8. The Morgan fingerprint density at radius 3 is 2.58 bits per heavy atom. The summed E-state index contributed by atoms with van der Waals surface area (Å²) in [4.78, 5) is 17.6. The van der Waals surface area contributed by atoms with Crippen LogP contribution in [0.3, 0.4) is 0 Å². The third-order valence-corrected chi connectivity index (χ3v) is 6.17. The average Bonchev–Trinajstić information content (AvgIpc) is 3.24. The maximum atomic E-state index is 13.0. The fourth-order valence-corrected chi connectivity index (χ4v) is 4.50. The second-order valence-electron chi connectivity index (χ2n) is 7.34. The third-order valence-electron chi connectivity index (χ3n) is 5.26. The van der Waals surface area contributed by atoms with Crippen LogP contribution in [0, 0.1) is 0 Å². The SMILES string of the molecule is CCOC(=O)C1=C(C)Nc2nc(SCc3ccccc3)nn2[C@H]1c1ccc(OC)c(OC)c1. The van der Waals surface area contributed by atoms with Gasteiger partial charge in [-0.2, -0.15) is 4.98 Å². The Morgan fingerprint density at radius 1 is 1.12 bits per heavy atom. The van der Waals surface area contributed by atoms with Crippen molar-refractivity contribution in [3.05, 3.63) is 70.9 Å². The fraction of sp³-hybridized carbons (Fsp3) is 0.292. The summed E-state index contributed by atoms with van der Waals surface area (Å²) in [5.74, 6) is 2.07. The largest absolute Gasteiger partial charge is 0.493 e. The highest BCUT2D eigenvalue weighted by atomic mass is 32.2. The van der Waals surface area contributed by atoms with Crippen LogP contribution in [0.25, 0.3) is 0 Å². The minimum Gasteiger partial charge on any atom is -0.493 e. The van der Waals surface area contributed by atoms with E-state index in [-0.39, 0.29) is 6.61 Å². The van der Waals surface area contributed by atoms with E-state index in [2.05, 4.69) is 22.4 Å². The number of anilines is 1. The minimum absolute atomic E-state index is 0.274. The predicted molar refractivity (Wildman–Crippen MR) is 127 cm³/mol. The summed E-state index contributed by atoms with van der Waals surface area (Å²) in [5.41, 5.74) is 3.14. The zero-order chi connectivity index (χ0) is 23.4. The molecular formula is C24H26N4O4S. The molecule has 0 amide bonds. The molecule has 0 fully saturated rings. The molecule has 33 heavy (non-hydrogen) atoms. The van der Waals surface area contributed by atoms with Gasteiger partial charge in [-0.3, -0.25) is 0 Å². The molecule has 1 atom stereocenters. The first-order valence-electron chi connectivity index (χ1n) is 10.6. The predicted octanol–water partition coefficient (Wildman–Crippen LogP) is 4.44. The van der Waals surface area contributed by atoms with Crippen LogP contribution in [-0.2, 0) is 15.3 Å². The van der Waals surface area contributed by atoms with Gasteiger partial charge >= 0.3 is 5.97 Å². The lowest BCUT2D eigenvalue weighted by molar-refractivity contribution is -0.139. The number of rotatable bonds is 8. The summed E-state index contributed by atoms with van der Waals surface area (Å²) in [6.45, 7) is 3.90. The lowest BCUT2D eigenvalue weighted by atomic mass is 9.95. The van der Waals surface area contributed by atoms with Gasteiger partial charge in [0.25, 0.3) is 0 Å². The van der Waals surface area contributed by atoms with E-state index in [0.717, 1.165) is 11.3 Å². The van der Waals surface area contributed by atoms with E-state index in [1.807, 2.05) is 43.3 Å². The molecule has 1 aliphatic heterocycles. The smallest absolute Gasteiger partial charge is 0.338 e. The topological polar surface area (TPSA) is 87.5 Å². The number of carbonyl (C=O) groups excluding carboxylic acids is 1. The molecule has 1 aromatic heterocycles. The molecule has 2 aromatic carbocycles. The molecule has 0 saturated carbocycles. The lowest BCUT2D eigenvalue weighted by Gasteiger charge is -2.28. The van der Waals surface area contributed by atoms with Gasteiger partial charge in [0.05, 0.1) is 26.4 Å². The number of allylic oxidation sites excluding steroid dienone is 1. The van der Waals surface area contributed by atoms with Crippen molar-refractivity contribution in [3.63, 3.8) is 0 Å². The number of hydrogen-bond acceptors (Lipinski definition) is 8. The Kier molecular flexibility index (Phi) is 6.88. The van der Waals surface area contributed by atoms with E-state index in [9.17, 15) is 4.79 Å². The van der Waals surface area contributed by atoms with Crippen molar-refractivity contribution >= 4 is 23.7 Å². The van der Waals surface area contributed by atoms with Crippen molar-refractivity contribution in [2.45, 2.75) is 30.8 Å². The number of benzene rings is 2. The molecule has 2 heterocycles. The number of thioether (sulfide) groups is 1. The van der Waals surface area contributed by atoms with Crippen LogP contribution in [0.1, 0.15) is 31.0 Å². The number of aromatic nitrogens is 3. The standard InChI is InChI=1S/C24H26N4O4S/c1-5-32-22(29)20-15(2)25-23-26-24(33-14-16-9-7-6-8-10-16)27-28(23)21(20)17-11-12-18(30-3)19(13-17)31-4/h6-13,21H,5,14H2,1-4H3,(H,25,26,27)/t21-/m0/s1. The van der Waals surface area contributed by atoms with Crippen LogP contribution < -0.4 is 14.8 Å². The summed E-state index contributed by atoms with van der Waals surface area (Å²) in [6, 6.07) is 15.2. The summed E-state index contributed by atoms with van der Waals surface area (Å²) in [5, 5.41) is 8.57. The summed E-state index contributed by atoms with van der Waals surface area (Å²) < 4.78 is 18.0. The maximum absolute atomic E-state index is 13.0. The number of ether oxygens (including phenoxy) is 3. The molecule has 8 nitrogen and oxygen atoms in total. The van der Waals surface area contributed by atoms with E-state index < -0.39 is 12.0 Å². The Labute approximate surface area is 197 Å². The Bertz CT molecular complexity index is 1180. The van der Waals surface area contributed by atoms with Crippen LogP contribution in [-0.4, -0.2) is 41.6 Å². The normalized spacial score (nSPS) is 15.0. The first-order chi connectivity index (χ1) is 16.0. The third kappa shape index (κ3) is 4.68. The number of hydrogen-bond donors (Lipinski definition) is 1. The molecule has 172 valence electrons. The molecule has 3 aromatic rings. The van der Waals surface area contributed by atoms with Crippen LogP contribution in [0.2, 0.25) is 0 Å². The number of esters is 1. The highest BCUT2D eigenvalue weighted by Gasteiger charge is 2.35. The molecule has 0 saturated heterocycles. The fourth-order valence-electron chi connectivity index (χ4n) is 3.72. The average molecular weight is 467 g/mol. The van der Waals surface area contributed by atoms with Crippen LogP contribution in [0.4, 0.5) is 5.95 Å². The molecule has 0 unspecified atom stereocenters. The van der Waals surface area contributed by atoms with Crippen molar-refractivity contribution in [2.75, 3.05) is 26.1 Å². The Balaban J connectivity index is 1.74. The number of carbonyl (C=O) groups is 1. The second kappa shape index (κ2) is 9.99. The van der Waals surface area contributed by atoms with Gasteiger partial charge in [0.15, 0.2) is 11.5 Å². The summed E-state index contributed by atoms with van der Waals surface area (Å²) in [7, 11) is 3.17. The van der Waals surface area contributed by atoms with E-state index >= 15 is 0 Å². The van der Waals surface area contributed by atoms with E-state index in [0.29, 0.717) is 33.9 Å². The van der Waals surface area contributed by atoms with E-state index in [1.165, 1.54) is 17.3 Å². The lowest BCUT2D eigenvalue weighted by Crippen LogP contribution is -2.29. The minimum atomic E-state index is -0.529. The highest BCUT2D eigenvalue weighted by molar-refractivity contribution is 7.98. The van der Waals surface area contributed by atoms with Gasteiger partial charge in [-0.05, 0) is 37.1 Å². The van der Waals surface area contributed by atoms with Gasteiger partial charge in [0.1, 0.15) is 6.04 Å². The van der Waals surface area contributed by atoms with Crippen molar-refractivity contribution in [2.24, 2.45) is 0 Å². The number of fused-ring (bicyclic) bond motifs is 1. The number of methoxy groups -OCH3 is 2. The Hall–Kier alpha value is -3.46. The molecule has 1 N–H and O–H groups in total. The quantitative estimate of drug-likeness (QED) is 0.385. The molecule has 0 spiro atoms. The van der Waals surface area contributed by atoms with Gasteiger partial charge < -0.3 is 19.5 Å². The van der Waals surface area contributed by atoms with Crippen molar-refractivity contribution in [3.8, 4) is 11.5 Å². The Morgan fingerprint density at radius 2 is 1.88 bits per heavy atom. The van der Waals surface area contributed by atoms with Crippen molar-refractivity contribution < 1.29 is 19.0 Å². The summed E-state index contributed by atoms with van der Waals surface area (Å²) in [6.07, 6.45) is 0. The van der Waals surface area contributed by atoms with Crippen LogP contribution in [0.5, 0.6) is 11.5 Å². The summed E-state index contributed by atoms with van der Waals surface area (Å²) >= 11 is 1.54. The first-order valence-corrected chi connectivity index (χ1v) is 11.5. The van der Waals surface area contributed by atoms with E-state index in [4.69, 9.17) is 19.3 Å². The zero-order valence-electron chi connectivity index (χ0n) is 19.0. The number of nitrogens with zero attached hydrogens (tertiary/aromatic N) is 3. The maximum Gasteiger partial charge on any atom is 0.338 e. The number of nitrogens with one attached hydrogen (secondary N) is 1. The van der Waals surface area contributed by atoms with Gasteiger partial charge in [-0.1, -0.05) is 48.2 Å². The van der Waals surface area contributed by atoms with Gasteiger partial charge in [0, 0.05) is 11.4 Å². The van der Waals surface area contributed by atoms with Crippen molar-refractivity contribution in [1.82, 2.24) is 14.8 Å². The molecule has 0 bridgehead atoms. The van der Waals surface area contributed by atoms with Crippen LogP contribution in [0.15, 0.2) is 65.0 Å².